The largest absolute Gasteiger partial charge is 0.295 e. The van der Waals surface area contributed by atoms with Crippen molar-refractivity contribution in [2.45, 2.75) is 13.3 Å². The predicted molar refractivity (Wildman–Crippen MR) is 58.0 cm³/mol. The van der Waals surface area contributed by atoms with Gasteiger partial charge in [-0.3, -0.25) is 4.79 Å². The highest BCUT2D eigenvalue weighted by Crippen LogP contribution is 2.17. The lowest BCUT2D eigenvalue weighted by Crippen LogP contribution is -1.98. The van der Waals surface area contributed by atoms with E-state index in [2.05, 4.69) is 22.5 Å². The van der Waals surface area contributed by atoms with Gasteiger partial charge in [0, 0.05) is 10.0 Å². The number of benzene rings is 1. The lowest BCUT2D eigenvalue weighted by molar-refractivity contribution is 0.101. The van der Waals surface area contributed by atoms with Crippen LogP contribution in [0, 0.1) is 0 Å². The maximum Gasteiger partial charge on any atom is 0.160 e. The second-order valence-electron chi connectivity index (χ2n) is 2.85. The first-order valence-corrected chi connectivity index (χ1v) is 4.84. The zero-order valence-corrected chi connectivity index (χ0v) is 9.10. The topological polar surface area (TPSA) is 17.1 Å². The third kappa shape index (κ3) is 2.52. The van der Waals surface area contributed by atoms with Crippen LogP contribution in [0.1, 0.15) is 22.8 Å². The number of carbonyl (C=O) groups is 1. The minimum absolute atomic E-state index is 0.0955. The molecule has 0 aliphatic rings. The summed E-state index contributed by atoms with van der Waals surface area (Å²) >= 11 is 3.34. The van der Waals surface area contributed by atoms with Gasteiger partial charge in [-0.15, -0.1) is 6.58 Å². The Hall–Kier alpha value is -0.890. The van der Waals surface area contributed by atoms with Gasteiger partial charge in [-0.2, -0.15) is 0 Å². The molecule has 0 fully saturated rings. The minimum atomic E-state index is 0.0955. The van der Waals surface area contributed by atoms with Gasteiger partial charge in [-0.1, -0.05) is 28.1 Å². The third-order valence-electron chi connectivity index (χ3n) is 1.82. The molecule has 1 rings (SSSR count). The third-order valence-corrected chi connectivity index (χ3v) is 2.31. The number of ketones is 1. The average molecular weight is 239 g/mol. The lowest BCUT2D eigenvalue weighted by Gasteiger charge is -2.04. The molecule has 0 saturated heterocycles. The van der Waals surface area contributed by atoms with Crippen LogP contribution < -0.4 is 0 Å². The van der Waals surface area contributed by atoms with E-state index in [9.17, 15) is 4.79 Å². The van der Waals surface area contributed by atoms with Crippen molar-refractivity contribution in [2.75, 3.05) is 0 Å². The number of halogens is 1. The Balaban J connectivity index is 3.17. The van der Waals surface area contributed by atoms with Crippen molar-refractivity contribution in [2.24, 2.45) is 0 Å². The quantitative estimate of drug-likeness (QED) is 0.583. The minimum Gasteiger partial charge on any atom is -0.295 e. The first-order valence-electron chi connectivity index (χ1n) is 4.05. The summed E-state index contributed by atoms with van der Waals surface area (Å²) in [5.74, 6) is 0.0955. The normalized spacial score (nSPS) is 9.69. The zero-order chi connectivity index (χ0) is 9.84. The van der Waals surface area contributed by atoms with Gasteiger partial charge in [0.1, 0.15) is 0 Å². The van der Waals surface area contributed by atoms with Crippen molar-refractivity contribution in [3.8, 4) is 0 Å². The van der Waals surface area contributed by atoms with Gasteiger partial charge in [0.05, 0.1) is 0 Å². The summed E-state index contributed by atoms with van der Waals surface area (Å²) in [7, 11) is 0. The smallest absolute Gasteiger partial charge is 0.160 e. The van der Waals surface area contributed by atoms with E-state index in [0.29, 0.717) is 0 Å². The Morgan fingerprint density at radius 3 is 2.85 bits per heavy atom. The molecule has 0 spiro atoms. The average Bonchev–Trinajstić information content (AvgIpc) is 2.08. The zero-order valence-electron chi connectivity index (χ0n) is 7.51. The van der Waals surface area contributed by atoms with Crippen molar-refractivity contribution < 1.29 is 4.79 Å². The van der Waals surface area contributed by atoms with Gasteiger partial charge in [0.2, 0.25) is 0 Å². The van der Waals surface area contributed by atoms with E-state index in [4.69, 9.17) is 0 Å². The van der Waals surface area contributed by atoms with Gasteiger partial charge < -0.3 is 0 Å². The van der Waals surface area contributed by atoms with Crippen LogP contribution >= 0.6 is 15.9 Å². The Bertz CT molecular complexity index is 342. The molecule has 1 aromatic carbocycles. The van der Waals surface area contributed by atoms with Gasteiger partial charge in [-0.05, 0) is 31.0 Å². The Morgan fingerprint density at radius 2 is 2.31 bits per heavy atom. The fourth-order valence-corrected chi connectivity index (χ4v) is 1.57. The van der Waals surface area contributed by atoms with E-state index in [1.807, 2.05) is 18.2 Å². The molecule has 0 aliphatic heterocycles. The molecule has 0 heterocycles. The van der Waals surface area contributed by atoms with Crippen LogP contribution in [0.4, 0.5) is 0 Å². The first-order chi connectivity index (χ1) is 6.15. The molecular formula is C11H11BrO. The maximum absolute atomic E-state index is 11.2. The van der Waals surface area contributed by atoms with Crippen LogP contribution in [0.25, 0.3) is 0 Å². The van der Waals surface area contributed by atoms with Crippen molar-refractivity contribution >= 4 is 21.7 Å². The molecule has 2 heteroatoms. The SMILES string of the molecule is C=CCc1ccc(Br)cc1C(C)=O. The Kier molecular flexibility index (Phi) is 3.43. The first kappa shape index (κ1) is 10.2. The molecular weight excluding hydrogens is 228 g/mol. The van der Waals surface area contributed by atoms with E-state index in [1.165, 1.54) is 0 Å². The molecule has 0 aliphatic carbocycles. The molecule has 68 valence electrons. The summed E-state index contributed by atoms with van der Waals surface area (Å²) in [6.45, 7) is 5.23. The number of carbonyl (C=O) groups excluding carboxylic acids is 1. The molecule has 0 unspecified atom stereocenters. The highest BCUT2D eigenvalue weighted by atomic mass is 79.9. The molecule has 0 bridgehead atoms. The van der Waals surface area contributed by atoms with Crippen LogP contribution in [0.5, 0.6) is 0 Å². The molecule has 0 atom stereocenters. The summed E-state index contributed by atoms with van der Waals surface area (Å²) < 4.78 is 0.936. The van der Waals surface area contributed by atoms with Crippen LogP contribution in [-0.4, -0.2) is 5.78 Å². The fraction of sp³-hybridized carbons (Fsp3) is 0.182. The van der Waals surface area contributed by atoms with Crippen molar-refractivity contribution in [3.63, 3.8) is 0 Å². The number of hydrogen-bond donors (Lipinski definition) is 0. The molecule has 1 aromatic rings. The van der Waals surface area contributed by atoms with Crippen LogP contribution in [-0.2, 0) is 6.42 Å². The number of Topliss-reactive ketones (excluding diaryl/α,β-unsaturated/α-hetero) is 1. The second-order valence-corrected chi connectivity index (χ2v) is 3.77. The summed E-state index contributed by atoms with van der Waals surface area (Å²) in [5.41, 5.74) is 1.81. The predicted octanol–water partition coefficient (Wildman–Crippen LogP) is 3.38. The van der Waals surface area contributed by atoms with Crippen molar-refractivity contribution in [1.82, 2.24) is 0 Å². The van der Waals surface area contributed by atoms with E-state index in [-0.39, 0.29) is 5.78 Å². The van der Waals surface area contributed by atoms with Gasteiger partial charge in [0.25, 0.3) is 0 Å². The van der Waals surface area contributed by atoms with Crippen LogP contribution in [0.15, 0.2) is 35.3 Å². The highest BCUT2D eigenvalue weighted by Gasteiger charge is 2.05. The molecule has 13 heavy (non-hydrogen) atoms. The van der Waals surface area contributed by atoms with Gasteiger partial charge in [0.15, 0.2) is 5.78 Å². The van der Waals surface area contributed by atoms with Gasteiger partial charge in [-0.25, -0.2) is 0 Å². The highest BCUT2D eigenvalue weighted by molar-refractivity contribution is 9.10. The summed E-state index contributed by atoms with van der Waals surface area (Å²) in [5, 5.41) is 0. The standard InChI is InChI=1S/C11H11BrO/c1-3-4-9-5-6-10(12)7-11(9)8(2)13/h3,5-7H,1,4H2,2H3. The van der Waals surface area contributed by atoms with Gasteiger partial charge >= 0.3 is 0 Å². The monoisotopic (exact) mass is 238 g/mol. The maximum atomic E-state index is 11.2. The number of rotatable bonds is 3. The number of allylic oxidation sites excluding steroid dienone is 1. The molecule has 0 amide bonds. The Morgan fingerprint density at radius 1 is 1.62 bits per heavy atom. The Labute approximate surface area is 86.6 Å². The van der Waals surface area contributed by atoms with E-state index >= 15 is 0 Å². The van der Waals surface area contributed by atoms with Crippen molar-refractivity contribution in [1.29, 1.82) is 0 Å². The fourth-order valence-electron chi connectivity index (χ4n) is 1.21. The van der Waals surface area contributed by atoms with Crippen LogP contribution in [0.2, 0.25) is 0 Å². The summed E-state index contributed by atoms with van der Waals surface area (Å²) in [4.78, 5) is 11.2. The molecule has 1 nitrogen and oxygen atoms in total. The molecule has 0 saturated carbocycles. The summed E-state index contributed by atoms with van der Waals surface area (Å²) in [6, 6.07) is 5.73. The van der Waals surface area contributed by atoms with E-state index in [0.717, 1.165) is 22.0 Å². The van der Waals surface area contributed by atoms with E-state index in [1.54, 1.807) is 13.0 Å². The van der Waals surface area contributed by atoms with Crippen LogP contribution in [0.3, 0.4) is 0 Å². The summed E-state index contributed by atoms with van der Waals surface area (Å²) in [6.07, 6.45) is 2.54. The molecule has 0 aromatic heterocycles. The van der Waals surface area contributed by atoms with E-state index < -0.39 is 0 Å². The van der Waals surface area contributed by atoms with Crippen molar-refractivity contribution in [3.05, 3.63) is 46.5 Å². The lowest BCUT2D eigenvalue weighted by atomic mass is 10.0. The number of hydrogen-bond acceptors (Lipinski definition) is 1. The molecule has 0 radical (unpaired) electrons. The second kappa shape index (κ2) is 4.38. The molecule has 0 N–H and O–H groups in total.